The van der Waals surface area contributed by atoms with Gasteiger partial charge in [-0.1, -0.05) is 6.92 Å². The second kappa shape index (κ2) is 4.47. The molecule has 14 heavy (non-hydrogen) atoms. The summed E-state index contributed by atoms with van der Waals surface area (Å²) in [6.45, 7) is 2.79. The van der Waals surface area contributed by atoms with E-state index in [1.165, 1.54) is 0 Å². The molecule has 2 atom stereocenters. The lowest BCUT2D eigenvalue weighted by molar-refractivity contribution is -0.128. The van der Waals surface area contributed by atoms with Crippen LogP contribution >= 0.6 is 11.8 Å². The Morgan fingerprint density at radius 3 is 2.64 bits per heavy atom. The van der Waals surface area contributed by atoms with Crippen LogP contribution in [0.5, 0.6) is 0 Å². The van der Waals surface area contributed by atoms with Crippen molar-refractivity contribution in [3.05, 3.63) is 0 Å². The second-order valence-electron chi connectivity index (χ2n) is 3.94. The van der Waals surface area contributed by atoms with E-state index in [1.54, 1.807) is 11.8 Å². The van der Waals surface area contributed by atoms with Crippen LogP contribution in [0.15, 0.2) is 0 Å². The van der Waals surface area contributed by atoms with E-state index in [0.29, 0.717) is 5.92 Å². The van der Waals surface area contributed by atoms with Crippen molar-refractivity contribution in [2.45, 2.75) is 32.2 Å². The minimum Gasteiger partial charge on any atom is -0.352 e. The molecule has 1 amide bonds. The Kier molecular flexibility index (Phi) is 3.75. The van der Waals surface area contributed by atoms with Gasteiger partial charge < -0.3 is 5.32 Å². The number of carbonyl (C=O) groups excluding carboxylic acids is 1. The average Bonchev–Trinajstić information content (AvgIpc) is 2.32. The van der Waals surface area contributed by atoms with E-state index in [2.05, 4.69) is 5.32 Å². The Hall–Kier alpha value is -0.320. The van der Waals surface area contributed by atoms with Crippen LogP contribution in [0.2, 0.25) is 0 Å². The van der Waals surface area contributed by atoms with Crippen molar-refractivity contribution >= 4 is 17.7 Å². The number of nitrogens with one attached hydrogen (secondary N) is 1. The maximum Gasteiger partial charge on any atom is 0.254 e. The summed E-state index contributed by atoms with van der Waals surface area (Å²) in [6.07, 6.45) is -0.707. The molecule has 0 radical (unpaired) electrons. The Morgan fingerprint density at radius 1 is 1.57 bits per heavy atom. The van der Waals surface area contributed by atoms with Crippen molar-refractivity contribution in [2.75, 3.05) is 11.5 Å². The van der Waals surface area contributed by atoms with Crippen LogP contribution in [0.1, 0.15) is 20.3 Å². The first-order valence-corrected chi connectivity index (χ1v) is 5.79. The molecule has 0 unspecified atom stereocenters. The van der Waals surface area contributed by atoms with Gasteiger partial charge in [0.1, 0.15) is 0 Å². The lowest BCUT2D eigenvalue weighted by atomic mass is 10.1. The minimum absolute atomic E-state index is 0.0647. The number of alkyl halides is 2. The molecule has 1 saturated heterocycles. The minimum atomic E-state index is -2.90. The van der Waals surface area contributed by atoms with Gasteiger partial charge in [-0.3, -0.25) is 4.79 Å². The van der Waals surface area contributed by atoms with E-state index >= 15 is 0 Å². The smallest absolute Gasteiger partial charge is 0.254 e. The lowest BCUT2D eigenvalue weighted by Gasteiger charge is -2.17. The molecule has 1 heterocycles. The topological polar surface area (TPSA) is 29.1 Å². The van der Waals surface area contributed by atoms with E-state index in [4.69, 9.17) is 0 Å². The SMILES string of the molecule is C[C@@H]1CSC[C@@H]1NC(=O)CC(C)(F)F. The van der Waals surface area contributed by atoms with Crippen LogP contribution in [-0.4, -0.2) is 29.4 Å². The summed E-state index contributed by atoms with van der Waals surface area (Å²) >= 11 is 1.75. The normalized spacial score (nSPS) is 27.7. The van der Waals surface area contributed by atoms with Crippen LogP contribution in [-0.2, 0) is 4.79 Å². The fourth-order valence-electron chi connectivity index (χ4n) is 1.38. The summed E-state index contributed by atoms with van der Waals surface area (Å²) in [7, 11) is 0. The average molecular weight is 223 g/mol. The summed E-state index contributed by atoms with van der Waals surface area (Å²) in [5.41, 5.74) is 0. The highest BCUT2D eigenvalue weighted by molar-refractivity contribution is 7.99. The number of thioether (sulfide) groups is 1. The monoisotopic (exact) mass is 223 g/mol. The first kappa shape index (κ1) is 11.8. The summed E-state index contributed by atoms with van der Waals surface area (Å²) in [5.74, 6) is -1.24. The highest BCUT2D eigenvalue weighted by Gasteiger charge is 2.30. The van der Waals surface area contributed by atoms with Gasteiger partial charge in [-0.05, 0) is 18.6 Å². The third kappa shape index (κ3) is 3.82. The van der Waals surface area contributed by atoms with Crippen LogP contribution in [0, 0.1) is 5.92 Å². The van der Waals surface area contributed by atoms with Gasteiger partial charge in [-0.25, -0.2) is 8.78 Å². The Bertz CT molecular complexity index is 217. The van der Waals surface area contributed by atoms with E-state index in [1.807, 2.05) is 6.92 Å². The summed E-state index contributed by atoms with van der Waals surface area (Å²) in [5, 5.41) is 2.65. The van der Waals surface area contributed by atoms with Crippen molar-refractivity contribution < 1.29 is 13.6 Å². The molecular formula is C9H15F2NOS. The molecule has 1 aliphatic rings. The molecule has 1 rings (SSSR count). The molecule has 0 spiro atoms. The molecule has 0 aliphatic carbocycles. The van der Waals surface area contributed by atoms with Gasteiger partial charge in [-0.15, -0.1) is 0 Å². The number of carbonyl (C=O) groups is 1. The van der Waals surface area contributed by atoms with Gasteiger partial charge in [0.25, 0.3) is 5.92 Å². The summed E-state index contributed by atoms with van der Waals surface area (Å²) in [4.78, 5) is 11.2. The maximum atomic E-state index is 12.5. The summed E-state index contributed by atoms with van der Waals surface area (Å²) < 4.78 is 25.0. The predicted molar refractivity (Wildman–Crippen MR) is 53.7 cm³/mol. The maximum absolute atomic E-state index is 12.5. The number of amides is 1. The predicted octanol–water partition coefficient (Wildman–Crippen LogP) is 1.90. The number of rotatable bonds is 3. The van der Waals surface area contributed by atoms with Crippen molar-refractivity contribution in [2.24, 2.45) is 5.92 Å². The number of halogens is 2. The number of hydrogen-bond acceptors (Lipinski definition) is 2. The van der Waals surface area contributed by atoms with E-state index in [0.717, 1.165) is 18.4 Å². The fraction of sp³-hybridized carbons (Fsp3) is 0.889. The van der Waals surface area contributed by atoms with E-state index in [9.17, 15) is 13.6 Å². The van der Waals surface area contributed by atoms with Crippen LogP contribution in [0.4, 0.5) is 8.78 Å². The molecule has 1 fully saturated rings. The zero-order valence-corrected chi connectivity index (χ0v) is 9.16. The van der Waals surface area contributed by atoms with Gasteiger partial charge in [0, 0.05) is 11.8 Å². The van der Waals surface area contributed by atoms with Crippen molar-refractivity contribution in [1.29, 1.82) is 0 Å². The standard InChI is InChI=1S/C9H15F2NOS/c1-6-4-14-5-7(6)12-8(13)3-9(2,10)11/h6-7H,3-5H2,1-2H3,(H,12,13)/t6-,7+/m1/s1. The van der Waals surface area contributed by atoms with Gasteiger partial charge >= 0.3 is 0 Å². The Balaban J connectivity index is 2.33. The third-order valence-electron chi connectivity index (χ3n) is 2.18. The molecule has 0 saturated carbocycles. The Labute approximate surface area is 86.8 Å². The lowest BCUT2D eigenvalue weighted by Crippen LogP contribution is -2.40. The van der Waals surface area contributed by atoms with Crippen LogP contribution in [0.3, 0.4) is 0 Å². The highest BCUT2D eigenvalue weighted by Crippen LogP contribution is 2.24. The van der Waals surface area contributed by atoms with Gasteiger partial charge in [-0.2, -0.15) is 11.8 Å². The van der Waals surface area contributed by atoms with Crippen molar-refractivity contribution in [3.63, 3.8) is 0 Å². The molecule has 82 valence electrons. The highest BCUT2D eigenvalue weighted by atomic mass is 32.2. The van der Waals surface area contributed by atoms with Gasteiger partial charge in [0.15, 0.2) is 0 Å². The molecule has 1 N–H and O–H groups in total. The first-order valence-electron chi connectivity index (χ1n) is 4.63. The molecule has 2 nitrogen and oxygen atoms in total. The van der Waals surface area contributed by atoms with Crippen molar-refractivity contribution in [1.82, 2.24) is 5.32 Å². The molecule has 0 bridgehead atoms. The fourth-order valence-corrected chi connectivity index (χ4v) is 2.79. The summed E-state index contributed by atoms with van der Waals surface area (Å²) in [6, 6.07) is 0.0647. The second-order valence-corrected chi connectivity index (χ2v) is 5.01. The zero-order valence-electron chi connectivity index (χ0n) is 8.35. The van der Waals surface area contributed by atoms with Crippen LogP contribution < -0.4 is 5.32 Å². The van der Waals surface area contributed by atoms with Gasteiger partial charge in [0.2, 0.25) is 5.91 Å². The third-order valence-corrected chi connectivity index (χ3v) is 3.54. The first-order chi connectivity index (χ1) is 6.38. The quantitative estimate of drug-likeness (QED) is 0.791. The van der Waals surface area contributed by atoms with Crippen LogP contribution in [0.25, 0.3) is 0 Å². The molecule has 1 aliphatic heterocycles. The molecule has 0 aromatic rings. The van der Waals surface area contributed by atoms with E-state index in [-0.39, 0.29) is 6.04 Å². The van der Waals surface area contributed by atoms with E-state index < -0.39 is 18.3 Å². The number of hydrogen-bond donors (Lipinski definition) is 1. The van der Waals surface area contributed by atoms with Crippen molar-refractivity contribution in [3.8, 4) is 0 Å². The largest absolute Gasteiger partial charge is 0.352 e. The van der Waals surface area contributed by atoms with Gasteiger partial charge in [0.05, 0.1) is 6.42 Å². The Morgan fingerprint density at radius 2 is 2.21 bits per heavy atom. The molecule has 0 aromatic carbocycles. The molecule has 5 heteroatoms. The molecular weight excluding hydrogens is 208 g/mol. The zero-order chi connectivity index (χ0) is 10.8. The molecule has 0 aromatic heterocycles.